The zero-order valence-electron chi connectivity index (χ0n) is 16.7. The van der Waals surface area contributed by atoms with Gasteiger partial charge < -0.3 is 4.74 Å². The molecule has 6 nitrogen and oxygen atoms in total. The molecular weight excluding hydrogens is 403 g/mol. The van der Waals surface area contributed by atoms with Crippen LogP contribution in [0.5, 0.6) is 5.88 Å². The first-order valence-electron chi connectivity index (χ1n) is 9.77. The minimum Gasteiger partial charge on any atom is -0.447 e. The van der Waals surface area contributed by atoms with Crippen LogP contribution in [0.2, 0.25) is 0 Å². The number of aromatic nitrogens is 3. The van der Waals surface area contributed by atoms with Crippen molar-refractivity contribution in [2.75, 3.05) is 10.7 Å². The first kappa shape index (κ1) is 20.3. The largest absolute Gasteiger partial charge is 0.447 e. The number of hydrogen-bond acceptors (Lipinski definition) is 6. The molecule has 2 heterocycles. The minimum absolute atomic E-state index is 0.241. The third-order valence-corrected chi connectivity index (χ3v) is 5.64. The number of hydrogen-bond donors (Lipinski definition) is 0. The van der Waals surface area contributed by atoms with Crippen molar-refractivity contribution in [1.82, 2.24) is 15.2 Å². The standard InChI is InChI=1S/C22H21FN4O2S/c1-3-4-12-30-22-24-20-19(25-26-22)17-10-5-6-11-18(17)27(14(2)28)21(29-20)15-8-7-9-16(23)13-15/h5-11,13,21H,3-4,12H2,1-2H3/t21-/m0/s1. The number of carbonyl (C=O) groups is 1. The van der Waals surface area contributed by atoms with E-state index in [1.54, 1.807) is 12.1 Å². The Morgan fingerprint density at radius 1 is 1.20 bits per heavy atom. The van der Waals surface area contributed by atoms with Gasteiger partial charge in [0.15, 0.2) is 5.69 Å². The molecule has 154 valence electrons. The van der Waals surface area contributed by atoms with Crippen LogP contribution < -0.4 is 9.64 Å². The Hall–Kier alpha value is -3.00. The maximum Gasteiger partial charge on any atom is 0.247 e. The second-order valence-corrected chi connectivity index (χ2v) is 7.94. The number of thioether (sulfide) groups is 1. The number of amides is 1. The summed E-state index contributed by atoms with van der Waals surface area (Å²) in [6, 6.07) is 13.4. The van der Waals surface area contributed by atoms with Crippen LogP contribution in [0.15, 0.2) is 53.7 Å². The van der Waals surface area contributed by atoms with Crippen LogP contribution in [0.4, 0.5) is 10.1 Å². The van der Waals surface area contributed by atoms with E-state index in [1.165, 1.54) is 35.7 Å². The second kappa shape index (κ2) is 8.79. The molecule has 1 atom stereocenters. The van der Waals surface area contributed by atoms with Crippen LogP contribution in [0.3, 0.4) is 0 Å². The van der Waals surface area contributed by atoms with E-state index in [1.807, 2.05) is 24.3 Å². The Balaban J connectivity index is 1.86. The van der Waals surface area contributed by atoms with Crippen molar-refractivity contribution in [3.63, 3.8) is 0 Å². The highest BCUT2D eigenvalue weighted by atomic mass is 32.2. The molecule has 0 spiro atoms. The molecule has 1 aromatic heterocycles. The average Bonchev–Trinajstić information content (AvgIpc) is 2.88. The highest BCUT2D eigenvalue weighted by Gasteiger charge is 2.34. The topological polar surface area (TPSA) is 68.2 Å². The first-order chi connectivity index (χ1) is 14.6. The number of anilines is 1. The van der Waals surface area contributed by atoms with Gasteiger partial charge in [0.05, 0.1) is 5.69 Å². The zero-order valence-corrected chi connectivity index (χ0v) is 17.5. The Labute approximate surface area is 178 Å². The van der Waals surface area contributed by atoms with Gasteiger partial charge in [-0.3, -0.25) is 9.69 Å². The SMILES string of the molecule is CCCCSc1nnc2c(n1)O[C@@H](c1cccc(F)c1)N(C(C)=O)c1ccccc1-2. The van der Waals surface area contributed by atoms with Gasteiger partial charge in [-0.25, -0.2) is 4.39 Å². The summed E-state index contributed by atoms with van der Waals surface area (Å²) < 4.78 is 20.2. The zero-order chi connectivity index (χ0) is 21.1. The molecule has 1 aliphatic heterocycles. The van der Waals surface area contributed by atoms with E-state index in [-0.39, 0.29) is 11.8 Å². The molecule has 2 aromatic carbocycles. The van der Waals surface area contributed by atoms with Crippen LogP contribution in [0, 0.1) is 5.82 Å². The highest BCUT2D eigenvalue weighted by Crippen LogP contribution is 2.43. The van der Waals surface area contributed by atoms with E-state index < -0.39 is 12.0 Å². The molecular formula is C22H21FN4O2S. The molecule has 0 N–H and O–H groups in total. The summed E-state index contributed by atoms with van der Waals surface area (Å²) in [7, 11) is 0. The van der Waals surface area contributed by atoms with Gasteiger partial charge in [-0.2, -0.15) is 4.98 Å². The van der Waals surface area contributed by atoms with Crippen molar-refractivity contribution in [2.24, 2.45) is 0 Å². The van der Waals surface area contributed by atoms with Crippen molar-refractivity contribution in [3.05, 3.63) is 59.9 Å². The summed E-state index contributed by atoms with van der Waals surface area (Å²) in [4.78, 5) is 18.7. The molecule has 0 unspecified atom stereocenters. The number of nitrogens with zero attached hydrogens (tertiary/aromatic N) is 4. The third kappa shape index (κ3) is 4.00. The van der Waals surface area contributed by atoms with Gasteiger partial charge >= 0.3 is 0 Å². The molecule has 0 saturated carbocycles. The van der Waals surface area contributed by atoms with E-state index in [0.717, 1.165) is 18.6 Å². The lowest BCUT2D eigenvalue weighted by Gasteiger charge is -2.29. The van der Waals surface area contributed by atoms with Crippen LogP contribution in [-0.4, -0.2) is 26.8 Å². The van der Waals surface area contributed by atoms with Crippen molar-refractivity contribution in [3.8, 4) is 17.1 Å². The number of carbonyl (C=O) groups excluding carboxylic acids is 1. The van der Waals surface area contributed by atoms with Gasteiger partial charge in [-0.05, 0) is 24.6 Å². The van der Waals surface area contributed by atoms with Crippen LogP contribution >= 0.6 is 11.8 Å². The van der Waals surface area contributed by atoms with Gasteiger partial charge in [-0.1, -0.05) is 55.4 Å². The second-order valence-electron chi connectivity index (χ2n) is 6.88. The Bertz CT molecular complexity index is 1080. The molecule has 0 radical (unpaired) electrons. The number of halogens is 1. The van der Waals surface area contributed by atoms with Gasteiger partial charge in [0.25, 0.3) is 0 Å². The highest BCUT2D eigenvalue weighted by molar-refractivity contribution is 7.99. The van der Waals surface area contributed by atoms with E-state index in [9.17, 15) is 9.18 Å². The smallest absolute Gasteiger partial charge is 0.247 e. The molecule has 1 amide bonds. The van der Waals surface area contributed by atoms with E-state index in [2.05, 4.69) is 22.1 Å². The molecule has 0 saturated heterocycles. The van der Waals surface area contributed by atoms with Gasteiger partial charge in [-0.15, -0.1) is 10.2 Å². The molecule has 3 aromatic rings. The summed E-state index contributed by atoms with van der Waals surface area (Å²) >= 11 is 1.51. The molecule has 0 fully saturated rings. The maximum absolute atomic E-state index is 14.0. The monoisotopic (exact) mass is 424 g/mol. The van der Waals surface area contributed by atoms with E-state index in [0.29, 0.717) is 27.7 Å². The predicted molar refractivity (Wildman–Crippen MR) is 114 cm³/mol. The Morgan fingerprint density at radius 3 is 2.80 bits per heavy atom. The van der Waals surface area contributed by atoms with Crippen LogP contribution in [0.1, 0.15) is 38.5 Å². The number of unbranched alkanes of at least 4 members (excludes halogenated alkanes) is 1. The predicted octanol–water partition coefficient (Wildman–Crippen LogP) is 5.01. The number of para-hydroxylation sites is 1. The number of benzene rings is 2. The van der Waals surface area contributed by atoms with Gasteiger partial charge in [0.1, 0.15) is 5.82 Å². The van der Waals surface area contributed by atoms with Crippen LogP contribution in [-0.2, 0) is 4.79 Å². The normalized spacial score (nSPS) is 15.0. The fraction of sp³-hybridized carbons (Fsp3) is 0.273. The molecule has 0 aliphatic carbocycles. The molecule has 1 aliphatic rings. The van der Waals surface area contributed by atoms with Gasteiger partial charge in [0.2, 0.25) is 23.2 Å². The van der Waals surface area contributed by atoms with Crippen molar-refractivity contribution >= 4 is 23.4 Å². The fourth-order valence-corrected chi connectivity index (χ4v) is 4.16. The summed E-state index contributed by atoms with van der Waals surface area (Å²) in [6.45, 7) is 3.57. The van der Waals surface area contributed by atoms with Crippen molar-refractivity contribution < 1.29 is 13.9 Å². The number of ether oxygens (including phenoxy) is 1. The lowest BCUT2D eigenvalue weighted by atomic mass is 10.1. The fourth-order valence-electron chi connectivity index (χ4n) is 3.30. The quantitative estimate of drug-likeness (QED) is 0.423. The Morgan fingerprint density at radius 2 is 2.03 bits per heavy atom. The molecule has 0 bridgehead atoms. The summed E-state index contributed by atoms with van der Waals surface area (Å²) in [5.41, 5.74) is 2.26. The lowest BCUT2D eigenvalue weighted by molar-refractivity contribution is -0.118. The summed E-state index contributed by atoms with van der Waals surface area (Å²) in [6.07, 6.45) is 1.23. The lowest BCUT2D eigenvalue weighted by Crippen LogP contribution is -2.36. The van der Waals surface area contributed by atoms with E-state index in [4.69, 9.17) is 4.74 Å². The average molecular weight is 425 g/mol. The maximum atomic E-state index is 14.0. The van der Waals surface area contributed by atoms with E-state index >= 15 is 0 Å². The van der Waals surface area contributed by atoms with Crippen molar-refractivity contribution in [2.45, 2.75) is 38.1 Å². The number of fused-ring (bicyclic) bond motifs is 3. The summed E-state index contributed by atoms with van der Waals surface area (Å²) in [5.74, 6) is 0.499. The summed E-state index contributed by atoms with van der Waals surface area (Å²) in [5, 5.41) is 9.12. The molecule has 8 heteroatoms. The van der Waals surface area contributed by atoms with Crippen LogP contribution in [0.25, 0.3) is 11.3 Å². The Kier molecular flexibility index (Phi) is 5.94. The van der Waals surface area contributed by atoms with Gasteiger partial charge in [0, 0.05) is 23.8 Å². The molecule has 4 rings (SSSR count). The molecule has 30 heavy (non-hydrogen) atoms. The number of rotatable bonds is 5. The van der Waals surface area contributed by atoms with Crippen molar-refractivity contribution in [1.29, 1.82) is 0 Å². The first-order valence-corrected chi connectivity index (χ1v) is 10.8. The minimum atomic E-state index is -0.884. The third-order valence-electron chi connectivity index (χ3n) is 4.71.